The Labute approximate surface area is 112 Å². The lowest BCUT2D eigenvalue weighted by Crippen LogP contribution is -2.03. The van der Waals surface area contributed by atoms with Crippen LogP contribution in [0.1, 0.15) is 36.1 Å². The van der Waals surface area contributed by atoms with E-state index in [-0.39, 0.29) is 6.10 Å². The Balaban J connectivity index is 1.86. The maximum absolute atomic E-state index is 5.51. The Bertz CT molecular complexity index is 593. The van der Waals surface area contributed by atoms with Gasteiger partial charge in [-0.3, -0.25) is 4.98 Å². The zero-order valence-corrected chi connectivity index (χ0v) is 10.9. The molecule has 0 N–H and O–H groups in total. The maximum Gasteiger partial charge on any atom is 0.158 e. The summed E-state index contributed by atoms with van der Waals surface area (Å²) in [7, 11) is 0. The van der Waals surface area contributed by atoms with Crippen LogP contribution in [-0.4, -0.2) is 10.7 Å². The Morgan fingerprint density at radius 2 is 1.95 bits per heavy atom. The second kappa shape index (κ2) is 5.22. The molecule has 2 aromatic rings. The number of hydrogen-bond donors (Lipinski definition) is 0. The molecule has 1 aromatic carbocycles. The Morgan fingerprint density at radius 3 is 2.68 bits per heavy atom. The van der Waals surface area contributed by atoms with E-state index in [1.54, 1.807) is 0 Å². The lowest BCUT2D eigenvalue weighted by atomic mass is 9.95. The molecule has 0 aliphatic carbocycles. The topological polar surface area (TPSA) is 34.5 Å². The minimum atomic E-state index is 0.0676. The molecule has 0 amide bonds. The molecule has 1 aliphatic rings. The summed E-state index contributed by atoms with van der Waals surface area (Å²) >= 11 is 0. The Morgan fingerprint density at radius 1 is 1.16 bits per heavy atom. The van der Waals surface area contributed by atoms with E-state index < -0.39 is 0 Å². The van der Waals surface area contributed by atoms with Crippen molar-refractivity contribution in [3.8, 4) is 0 Å². The number of oxime groups is 1. The number of rotatable bonds is 3. The van der Waals surface area contributed by atoms with Gasteiger partial charge in [0, 0.05) is 18.8 Å². The number of benzene rings is 1. The van der Waals surface area contributed by atoms with Gasteiger partial charge in [-0.1, -0.05) is 29.4 Å². The van der Waals surface area contributed by atoms with Crippen LogP contribution in [-0.2, 0) is 11.3 Å². The monoisotopic (exact) mass is 252 g/mol. The van der Waals surface area contributed by atoms with E-state index in [1.807, 2.05) is 31.5 Å². The lowest BCUT2D eigenvalue weighted by Gasteiger charge is -2.14. The van der Waals surface area contributed by atoms with E-state index >= 15 is 0 Å². The van der Waals surface area contributed by atoms with E-state index in [4.69, 9.17) is 4.84 Å². The van der Waals surface area contributed by atoms with Gasteiger partial charge in [-0.15, -0.1) is 0 Å². The zero-order valence-electron chi connectivity index (χ0n) is 10.9. The third-order valence-electron chi connectivity index (χ3n) is 3.36. The smallest absolute Gasteiger partial charge is 0.158 e. The minimum Gasteiger partial charge on any atom is -0.387 e. The first kappa shape index (κ1) is 11.9. The van der Waals surface area contributed by atoms with Crippen molar-refractivity contribution >= 4 is 5.71 Å². The van der Waals surface area contributed by atoms with Crippen molar-refractivity contribution in [2.24, 2.45) is 5.16 Å². The van der Waals surface area contributed by atoms with Crippen molar-refractivity contribution in [1.29, 1.82) is 0 Å². The van der Waals surface area contributed by atoms with Gasteiger partial charge in [-0.2, -0.15) is 0 Å². The predicted octanol–water partition coefficient (Wildman–Crippen LogP) is 3.51. The first-order chi connectivity index (χ1) is 9.33. The summed E-state index contributed by atoms with van der Waals surface area (Å²) in [5, 5.41) is 4.05. The summed E-state index contributed by atoms with van der Waals surface area (Å²) in [6.07, 6.45) is 5.51. The highest BCUT2D eigenvalue weighted by Crippen LogP contribution is 2.30. The fraction of sp³-hybridized carbons (Fsp3) is 0.250. The molecule has 19 heavy (non-hydrogen) atoms. The van der Waals surface area contributed by atoms with E-state index in [0.717, 1.165) is 18.6 Å². The summed E-state index contributed by atoms with van der Waals surface area (Å²) in [6, 6.07) is 12.5. The third-order valence-corrected chi connectivity index (χ3v) is 3.36. The van der Waals surface area contributed by atoms with Crippen LogP contribution in [0.4, 0.5) is 0 Å². The molecule has 3 nitrogen and oxygen atoms in total. The molecule has 0 spiro atoms. The SMILES string of the molecule is CC1=NO[C@@H](c2ccccc2Cc2ccncc2)C1. The molecule has 1 aliphatic heterocycles. The van der Waals surface area contributed by atoms with Gasteiger partial charge in [0.05, 0.1) is 5.71 Å². The fourth-order valence-electron chi connectivity index (χ4n) is 2.39. The second-order valence-electron chi connectivity index (χ2n) is 4.86. The number of aromatic nitrogens is 1. The van der Waals surface area contributed by atoms with Gasteiger partial charge in [0.15, 0.2) is 6.10 Å². The van der Waals surface area contributed by atoms with Crippen molar-refractivity contribution in [1.82, 2.24) is 4.98 Å². The van der Waals surface area contributed by atoms with Crippen LogP contribution in [0.15, 0.2) is 53.9 Å². The van der Waals surface area contributed by atoms with E-state index in [1.165, 1.54) is 16.7 Å². The van der Waals surface area contributed by atoms with Crippen LogP contribution in [0.5, 0.6) is 0 Å². The molecule has 0 saturated heterocycles. The van der Waals surface area contributed by atoms with Gasteiger partial charge < -0.3 is 4.84 Å². The number of pyridine rings is 1. The molecule has 0 saturated carbocycles. The van der Waals surface area contributed by atoms with Crippen LogP contribution < -0.4 is 0 Å². The minimum absolute atomic E-state index is 0.0676. The Hall–Kier alpha value is -2.16. The van der Waals surface area contributed by atoms with Crippen LogP contribution in [0.3, 0.4) is 0 Å². The first-order valence-corrected chi connectivity index (χ1v) is 6.49. The number of hydrogen-bond acceptors (Lipinski definition) is 3. The van der Waals surface area contributed by atoms with E-state index in [0.29, 0.717) is 0 Å². The summed E-state index contributed by atoms with van der Waals surface area (Å²) in [5.74, 6) is 0. The van der Waals surface area contributed by atoms with E-state index in [2.05, 4.69) is 34.4 Å². The van der Waals surface area contributed by atoms with Crippen LogP contribution in [0, 0.1) is 0 Å². The van der Waals surface area contributed by atoms with Gasteiger partial charge >= 0.3 is 0 Å². The normalized spacial score (nSPS) is 17.9. The molecular weight excluding hydrogens is 236 g/mol. The zero-order chi connectivity index (χ0) is 13.1. The van der Waals surface area contributed by atoms with Crippen molar-refractivity contribution < 1.29 is 4.84 Å². The van der Waals surface area contributed by atoms with E-state index in [9.17, 15) is 0 Å². The molecule has 0 bridgehead atoms. The highest BCUT2D eigenvalue weighted by Gasteiger charge is 2.22. The van der Waals surface area contributed by atoms with Crippen molar-refractivity contribution in [2.75, 3.05) is 0 Å². The molecule has 1 atom stereocenters. The van der Waals surface area contributed by atoms with Crippen LogP contribution >= 0.6 is 0 Å². The van der Waals surface area contributed by atoms with Crippen molar-refractivity contribution in [3.05, 3.63) is 65.5 Å². The fourth-order valence-corrected chi connectivity index (χ4v) is 2.39. The summed E-state index contributed by atoms with van der Waals surface area (Å²) in [6.45, 7) is 2.01. The maximum atomic E-state index is 5.51. The van der Waals surface area contributed by atoms with Gasteiger partial charge in [-0.25, -0.2) is 0 Å². The molecular formula is C16H16N2O. The predicted molar refractivity (Wildman–Crippen MR) is 75.0 cm³/mol. The molecule has 3 rings (SSSR count). The van der Waals surface area contributed by atoms with Crippen molar-refractivity contribution in [3.63, 3.8) is 0 Å². The molecule has 96 valence electrons. The molecule has 0 radical (unpaired) electrons. The highest BCUT2D eigenvalue weighted by molar-refractivity contribution is 5.83. The van der Waals surface area contributed by atoms with Gasteiger partial charge in [0.1, 0.15) is 0 Å². The van der Waals surface area contributed by atoms with Gasteiger partial charge in [0.25, 0.3) is 0 Å². The first-order valence-electron chi connectivity index (χ1n) is 6.49. The molecule has 1 aromatic heterocycles. The Kier molecular flexibility index (Phi) is 3.27. The van der Waals surface area contributed by atoms with Crippen molar-refractivity contribution in [2.45, 2.75) is 25.9 Å². The standard InChI is InChI=1S/C16H16N2O/c1-12-10-16(19-18-12)15-5-3-2-4-14(15)11-13-6-8-17-9-7-13/h2-9,16H,10-11H2,1H3/t16-/m1/s1. The highest BCUT2D eigenvalue weighted by atomic mass is 16.6. The summed E-state index contributed by atoms with van der Waals surface area (Å²) in [4.78, 5) is 9.56. The largest absolute Gasteiger partial charge is 0.387 e. The molecule has 0 unspecified atom stereocenters. The third kappa shape index (κ3) is 2.65. The average Bonchev–Trinajstić information content (AvgIpc) is 2.87. The summed E-state index contributed by atoms with van der Waals surface area (Å²) < 4.78 is 0. The van der Waals surface area contributed by atoms with Crippen LogP contribution in [0.25, 0.3) is 0 Å². The van der Waals surface area contributed by atoms with Gasteiger partial charge in [-0.05, 0) is 42.2 Å². The summed E-state index contributed by atoms with van der Waals surface area (Å²) in [5.41, 5.74) is 4.85. The average molecular weight is 252 g/mol. The van der Waals surface area contributed by atoms with Crippen LogP contribution in [0.2, 0.25) is 0 Å². The lowest BCUT2D eigenvalue weighted by molar-refractivity contribution is 0.0851. The number of nitrogens with zero attached hydrogens (tertiary/aromatic N) is 2. The quantitative estimate of drug-likeness (QED) is 0.837. The second-order valence-corrected chi connectivity index (χ2v) is 4.86. The van der Waals surface area contributed by atoms with Gasteiger partial charge in [0.2, 0.25) is 0 Å². The molecule has 0 fully saturated rings. The molecule has 3 heteroatoms. The molecule has 2 heterocycles.